The van der Waals surface area contributed by atoms with Crippen LogP contribution in [-0.2, 0) is 9.53 Å². The zero-order chi connectivity index (χ0) is 14.5. The predicted molar refractivity (Wildman–Crippen MR) is 76.2 cm³/mol. The lowest BCUT2D eigenvalue weighted by Crippen LogP contribution is -2.26. The molecule has 1 saturated heterocycles. The van der Waals surface area contributed by atoms with Crippen LogP contribution in [-0.4, -0.2) is 39.2 Å². The molecular formula is C13H16ClN3O3. The Morgan fingerprint density at radius 3 is 2.90 bits per heavy atom. The van der Waals surface area contributed by atoms with Gasteiger partial charge in [0.25, 0.3) is 5.91 Å². The number of ether oxygens (including phenoxy) is 2. The molecule has 1 fully saturated rings. The number of nitrogens with zero attached hydrogens (tertiary/aromatic N) is 1. The van der Waals surface area contributed by atoms with Crippen LogP contribution in [0.2, 0.25) is 5.02 Å². The van der Waals surface area contributed by atoms with Crippen molar-refractivity contribution in [3.05, 3.63) is 28.8 Å². The molecule has 0 aliphatic carbocycles. The third-order valence-corrected chi connectivity index (χ3v) is 3.20. The zero-order valence-corrected chi connectivity index (χ0v) is 12.0. The summed E-state index contributed by atoms with van der Waals surface area (Å²) in [5, 5.41) is 6.14. The summed E-state index contributed by atoms with van der Waals surface area (Å²) in [4.78, 5) is 16.2. The maximum Gasteiger partial charge on any atom is 0.254 e. The van der Waals surface area contributed by atoms with Gasteiger partial charge in [-0.25, -0.2) is 0 Å². The van der Waals surface area contributed by atoms with Gasteiger partial charge in [-0.1, -0.05) is 17.7 Å². The van der Waals surface area contributed by atoms with Crippen molar-refractivity contribution >= 4 is 23.5 Å². The lowest BCUT2D eigenvalue weighted by atomic mass is 10.1. The van der Waals surface area contributed by atoms with Gasteiger partial charge < -0.3 is 14.8 Å². The van der Waals surface area contributed by atoms with E-state index >= 15 is 0 Å². The quantitative estimate of drug-likeness (QED) is 0.799. The number of aliphatic imine (C=N–C) groups is 1. The van der Waals surface area contributed by atoms with Crippen LogP contribution in [0, 0.1) is 0 Å². The van der Waals surface area contributed by atoms with Crippen molar-refractivity contribution in [1.82, 2.24) is 10.6 Å². The summed E-state index contributed by atoms with van der Waals surface area (Å²) in [5.41, 5.74) is 0.603. The highest BCUT2D eigenvalue weighted by Gasteiger charge is 2.33. The first kappa shape index (κ1) is 14.6. The standard InChI is InChI=1S/C13H16ClN3O3/c1-19-7-6-15-13-16-11(12(18)17-13)10-8(14)4-3-5-9(10)20-2/h3-5,11H,6-7H2,1-2H3,(H2,15,16,17,18). The minimum absolute atomic E-state index is 0.215. The molecule has 0 saturated carbocycles. The molecule has 2 rings (SSSR count). The number of hydrogen-bond donors (Lipinski definition) is 2. The van der Waals surface area contributed by atoms with Gasteiger partial charge >= 0.3 is 0 Å². The first-order chi connectivity index (χ1) is 9.67. The molecule has 7 heteroatoms. The Morgan fingerprint density at radius 1 is 1.40 bits per heavy atom. The Balaban J connectivity index is 2.22. The van der Waals surface area contributed by atoms with E-state index in [1.54, 1.807) is 25.3 Å². The van der Waals surface area contributed by atoms with E-state index in [2.05, 4.69) is 15.6 Å². The van der Waals surface area contributed by atoms with Gasteiger partial charge in [-0.05, 0) is 12.1 Å². The SMILES string of the molecule is COCCN=C1NC(=O)C(c2c(Cl)cccc2OC)N1. The van der Waals surface area contributed by atoms with Crippen molar-refractivity contribution in [3.63, 3.8) is 0 Å². The van der Waals surface area contributed by atoms with E-state index < -0.39 is 6.04 Å². The smallest absolute Gasteiger partial charge is 0.254 e. The minimum Gasteiger partial charge on any atom is -0.496 e. The maximum atomic E-state index is 12.0. The van der Waals surface area contributed by atoms with Gasteiger partial charge in [0, 0.05) is 12.7 Å². The van der Waals surface area contributed by atoms with Crippen molar-refractivity contribution in [1.29, 1.82) is 0 Å². The van der Waals surface area contributed by atoms with E-state index in [1.807, 2.05) is 0 Å². The second kappa shape index (κ2) is 6.58. The molecule has 6 nitrogen and oxygen atoms in total. The number of guanidine groups is 1. The van der Waals surface area contributed by atoms with Gasteiger partial charge in [-0.3, -0.25) is 15.1 Å². The van der Waals surface area contributed by atoms with Gasteiger partial charge in [0.05, 0.1) is 25.3 Å². The molecule has 1 aliphatic rings. The summed E-state index contributed by atoms with van der Waals surface area (Å²) >= 11 is 6.17. The molecule has 1 unspecified atom stereocenters. The molecule has 20 heavy (non-hydrogen) atoms. The Labute approximate surface area is 122 Å². The molecule has 1 heterocycles. The molecule has 0 aromatic heterocycles. The molecule has 1 amide bonds. The summed E-state index contributed by atoms with van der Waals surface area (Å²) in [5.74, 6) is 0.759. The van der Waals surface area contributed by atoms with Crippen LogP contribution in [0.3, 0.4) is 0 Å². The van der Waals surface area contributed by atoms with Crippen LogP contribution in [0.15, 0.2) is 23.2 Å². The van der Waals surface area contributed by atoms with Crippen molar-refractivity contribution in [3.8, 4) is 5.75 Å². The van der Waals surface area contributed by atoms with E-state index in [1.165, 1.54) is 7.11 Å². The van der Waals surface area contributed by atoms with Crippen LogP contribution in [0.4, 0.5) is 0 Å². The lowest BCUT2D eigenvalue weighted by molar-refractivity contribution is -0.120. The number of carbonyl (C=O) groups excluding carboxylic acids is 1. The Bertz CT molecular complexity index is 534. The molecule has 1 aliphatic heterocycles. The van der Waals surface area contributed by atoms with Crippen molar-refractivity contribution in [2.45, 2.75) is 6.04 Å². The zero-order valence-electron chi connectivity index (χ0n) is 11.3. The topological polar surface area (TPSA) is 72.0 Å². The molecule has 2 N–H and O–H groups in total. The molecule has 0 spiro atoms. The van der Waals surface area contributed by atoms with E-state index in [-0.39, 0.29) is 5.91 Å². The predicted octanol–water partition coefficient (Wildman–Crippen LogP) is 1.11. The van der Waals surface area contributed by atoms with Gasteiger partial charge in [0.15, 0.2) is 5.96 Å². The molecule has 1 aromatic rings. The third-order valence-electron chi connectivity index (χ3n) is 2.87. The van der Waals surface area contributed by atoms with E-state index in [9.17, 15) is 4.79 Å². The molecule has 1 atom stereocenters. The fraction of sp³-hybridized carbons (Fsp3) is 0.385. The maximum absolute atomic E-state index is 12.0. The number of halogens is 1. The van der Waals surface area contributed by atoms with Gasteiger partial charge in [-0.15, -0.1) is 0 Å². The molecular weight excluding hydrogens is 282 g/mol. The Morgan fingerprint density at radius 2 is 2.20 bits per heavy atom. The third kappa shape index (κ3) is 3.02. The first-order valence-electron chi connectivity index (χ1n) is 6.10. The number of amides is 1. The van der Waals surface area contributed by atoms with Crippen LogP contribution in [0.25, 0.3) is 0 Å². The molecule has 1 aromatic carbocycles. The summed E-state index contributed by atoms with van der Waals surface area (Å²) < 4.78 is 10.2. The number of benzene rings is 1. The number of nitrogens with one attached hydrogen (secondary N) is 2. The fourth-order valence-electron chi connectivity index (χ4n) is 1.94. The summed E-state index contributed by atoms with van der Waals surface area (Å²) in [6.07, 6.45) is 0. The fourth-order valence-corrected chi connectivity index (χ4v) is 2.21. The van der Waals surface area contributed by atoms with E-state index in [0.29, 0.717) is 35.4 Å². The van der Waals surface area contributed by atoms with Crippen molar-refractivity contribution in [2.75, 3.05) is 27.4 Å². The van der Waals surface area contributed by atoms with E-state index in [0.717, 1.165) is 0 Å². The molecule has 108 valence electrons. The monoisotopic (exact) mass is 297 g/mol. The van der Waals surface area contributed by atoms with E-state index in [4.69, 9.17) is 21.1 Å². The van der Waals surface area contributed by atoms with Crippen LogP contribution < -0.4 is 15.4 Å². The summed E-state index contributed by atoms with van der Waals surface area (Å²) in [7, 11) is 3.13. The van der Waals surface area contributed by atoms with Crippen LogP contribution in [0.1, 0.15) is 11.6 Å². The summed E-state index contributed by atoms with van der Waals surface area (Å²) in [6, 6.07) is 4.63. The highest BCUT2D eigenvalue weighted by molar-refractivity contribution is 6.32. The lowest BCUT2D eigenvalue weighted by Gasteiger charge is -2.14. The van der Waals surface area contributed by atoms with Crippen molar-refractivity contribution < 1.29 is 14.3 Å². The normalized spacial score (nSPS) is 19.9. The Hall–Kier alpha value is -1.79. The number of hydrogen-bond acceptors (Lipinski definition) is 4. The second-order valence-electron chi connectivity index (χ2n) is 4.15. The molecule has 0 radical (unpaired) electrons. The largest absolute Gasteiger partial charge is 0.496 e. The van der Waals surface area contributed by atoms with Gasteiger partial charge in [0.1, 0.15) is 11.8 Å². The highest BCUT2D eigenvalue weighted by atomic mass is 35.5. The average Bonchev–Trinajstić information content (AvgIpc) is 2.79. The van der Waals surface area contributed by atoms with Crippen LogP contribution in [0.5, 0.6) is 5.75 Å². The number of methoxy groups -OCH3 is 2. The average molecular weight is 298 g/mol. The first-order valence-corrected chi connectivity index (χ1v) is 6.48. The van der Waals surface area contributed by atoms with Crippen LogP contribution >= 0.6 is 11.6 Å². The highest BCUT2D eigenvalue weighted by Crippen LogP contribution is 2.33. The number of carbonyl (C=O) groups is 1. The second-order valence-corrected chi connectivity index (χ2v) is 4.55. The van der Waals surface area contributed by atoms with Gasteiger partial charge in [-0.2, -0.15) is 0 Å². The number of rotatable bonds is 5. The van der Waals surface area contributed by atoms with Crippen molar-refractivity contribution in [2.24, 2.45) is 4.99 Å². The molecule has 0 bridgehead atoms. The Kier molecular flexibility index (Phi) is 4.81. The van der Waals surface area contributed by atoms with Gasteiger partial charge in [0.2, 0.25) is 0 Å². The minimum atomic E-state index is -0.611. The summed E-state index contributed by atoms with van der Waals surface area (Å²) in [6.45, 7) is 0.951.